The molecule has 0 atom stereocenters. The van der Waals surface area contributed by atoms with E-state index in [0.717, 1.165) is 31.5 Å². The fraction of sp³-hybridized carbons (Fsp3) is 0.118. The van der Waals surface area contributed by atoms with Gasteiger partial charge in [0.15, 0.2) is 0 Å². The van der Waals surface area contributed by atoms with Gasteiger partial charge in [0, 0.05) is 8.95 Å². The minimum Gasteiger partial charge on any atom is -0.367 e. The first-order valence-electron chi connectivity index (χ1n) is 7.15. The second kappa shape index (κ2) is 8.75. The third kappa shape index (κ3) is 5.58. The molecule has 0 saturated carbocycles. The molecule has 0 aliphatic carbocycles. The molecule has 24 heavy (non-hydrogen) atoms. The summed E-state index contributed by atoms with van der Waals surface area (Å²) < 4.78 is 2.03. The zero-order valence-corrected chi connectivity index (χ0v) is 16.5. The Hall–Kier alpha value is -1.99. The summed E-state index contributed by atoms with van der Waals surface area (Å²) in [5, 5.41) is 12.3. The summed E-state index contributed by atoms with van der Waals surface area (Å²) in [6, 6.07) is 15.7. The van der Waals surface area contributed by atoms with Crippen LogP contribution in [-0.2, 0) is 0 Å². The molecule has 0 aliphatic heterocycles. The molecule has 0 aliphatic rings. The van der Waals surface area contributed by atoms with Gasteiger partial charge in [-0.05, 0) is 49.2 Å². The van der Waals surface area contributed by atoms with Crippen molar-refractivity contribution in [1.82, 2.24) is 5.43 Å². The van der Waals surface area contributed by atoms with E-state index in [0.29, 0.717) is 0 Å². The number of nitrogens with zero attached hydrogens (tertiary/aromatic N) is 3. The molecule has 0 bridgehead atoms. The number of halogens is 2. The van der Waals surface area contributed by atoms with Crippen LogP contribution in [0.15, 0.2) is 72.8 Å². The van der Waals surface area contributed by atoms with Crippen LogP contribution in [0.2, 0.25) is 0 Å². The van der Waals surface area contributed by atoms with Crippen LogP contribution in [-0.4, -0.2) is 17.4 Å². The lowest BCUT2D eigenvalue weighted by atomic mass is 10.1. The van der Waals surface area contributed by atoms with E-state index in [4.69, 9.17) is 5.73 Å². The molecule has 5 nitrogen and oxygen atoms in total. The van der Waals surface area contributed by atoms with Crippen molar-refractivity contribution in [1.29, 1.82) is 0 Å². The summed E-state index contributed by atoms with van der Waals surface area (Å²) in [5.41, 5.74) is 12.0. The number of benzene rings is 2. The summed E-state index contributed by atoms with van der Waals surface area (Å²) in [7, 11) is 0. The van der Waals surface area contributed by atoms with Gasteiger partial charge in [-0.2, -0.15) is 10.2 Å². The van der Waals surface area contributed by atoms with Crippen molar-refractivity contribution in [2.24, 2.45) is 21.0 Å². The quantitative estimate of drug-likeness (QED) is 0.414. The molecule has 0 spiro atoms. The number of rotatable bonds is 4. The SMILES string of the molecule is CC(=N/N=C(/N)NN=C(C)c1ccc(Br)cc1)c1ccc(Br)cc1. The van der Waals surface area contributed by atoms with E-state index in [-0.39, 0.29) is 5.96 Å². The molecule has 0 amide bonds. The van der Waals surface area contributed by atoms with E-state index in [1.165, 1.54) is 0 Å². The van der Waals surface area contributed by atoms with Gasteiger partial charge in [0.05, 0.1) is 11.4 Å². The molecular formula is C17H17Br2N5. The second-order valence-electron chi connectivity index (χ2n) is 4.99. The largest absolute Gasteiger partial charge is 0.367 e. The first kappa shape index (κ1) is 18.4. The summed E-state index contributed by atoms with van der Waals surface area (Å²) in [5.74, 6) is 0.128. The second-order valence-corrected chi connectivity index (χ2v) is 6.82. The molecule has 0 heterocycles. The molecule has 3 N–H and O–H groups in total. The van der Waals surface area contributed by atoms with Gasteiger partial charge in [-0.1, -0.05) is 56.1 Å². The van der Waals surface area contributed by atoms with E-state index < -0.39 is 0 Å². The molecule has 0 unspecified atom stereocenters. The maximum absolute atomic E-state index is 5.78. The lowest BCUT2D eigenvalue weighted by Crippen LogP contribution is -2.27. The van der Waals surface area contributed by atoms with E-state index in [1.54, 1.807) is 0 Å². The average molecular weight is 451 g/mol. The minimum atomic E-state index is 0.128. The monoisotopic (exact) mass is 449 g/mol. The van der Waals surface area contributed by atoms with Gasteiger partial charge in [-0.15, -0.1) is 5.10 Å². The summed E-state index contributed by atoms with van der Waals surface area (Å²) in [6.45, 7) is 3.76. The number of nitrogens with two attached hydrogens (primary N) is 1. The Morgan fingerprint density at radius 3 is 1.75 bits per heavy atom. The van der Waals surface area contributed by atoms with E-state index in [9.17, 15) is 0 Å². The van der Waals surface area contributed by atoms with Crippen LogP contribution in [0.5, 0.6) is 0 Å². The highest BCUT2D eigenvalue weighted by atomic mass is 79.9. The fourth-order valence-electron chi connectivity index (χ4n) is 1.80. The first-order valence-corrected chi connectivity index (χ1v) is 8.74. The van der Waals surface area contributed by atoms with E-state index in [1.807, 2.05) is 62.4 Å². The van der Waals surface area contributed by atoms with Gasteiger partial charge in [0.2, 0.25) is 5.96 Å². The molecule has 2 aromatic carbocycles. The van der Waals surface area contributed by atoms with Crippen molar-refractivity contribution in [3.05, 3.63) is 68.6 Å². The number of hydrazone groups is 1. The van der Waals surface area contributed by atoms with Crippen molar-refractivity contribution >= 4 is 49.2 Å². The summed E-state index contributed by atoms with van der Waals surface area (Å²) >= 11 is 6.80. The smallest absolute Gasteiger partial charge is 0.234 e. The molecule has 0 radical (unpaired) electrons. The average Bonchev–Trinajstić information content (AvgIpc) is 2.58. The first-order chi connectivity index (χ1) is 11.5. The van der Waals surface area contributed by atoms with Crippen molar-refractivity contribution in [2.45, 2.75) is 13.8 Å². The number of hydrogen-bond acceptors (Lipinski definition) is 3. The fourth-order valence-corrected chi connectivity index (χ4v) is 2.33. The van der Waals surface area contributed by atoms with Crippen molar-refractivity contribution < 1.29 is 0 Å². The zero-order chi connectivity index (χ0) is 17.5. The van der Waals surface area contributed by atoms with E-state index >= 15 is 0 Å². The lowest BCUT2D eigenvalue weighted by Gasteiger charge is -2.03. The van der Waals surface area contributed by atoms with E-state index in [2.05, 4.69) is 52.6 Å². The molecule has 7 heteroatoms. The third-order valence-electron chi connectivity index (χ3n) is 3.17. The predicted octanol–water partition coefficient (Wildman–Crippen LogP) is 4.26. The lowest BCUT2D eigenvalue weighted by molar-refractivity contribution is 0.983. The maximum Gasteiger partial charge on any atom is 0.234 e. The topological polar surface area (TPSA) is 75.1 Å². The Kier molecular flexibility index (Phi) is 6.69. The Balaban J connectivity index is 2.02. The molecule has 2 rings (SSSR count). The van der Waals surface area contributed by atoms with Gasteiger partial charge >= 0.3 is 0 Å². The molecular weight excluding hydrogens is 434 g/mol. The van der Waals surface area contributed by atoms with Crippen LogP contribution in [0.4, 0.5) is 0 Å². The Labute approximate surface area is 158 Å². The molecule has 124 valence electrons. The van der Waals surface area contributed by atoms with Gasteiger partial charge < -0.3 is 5.73 Å². The van der Waals surface area contributed by atoms with Gasteiger partial charge in [-0.25, -0.2) is 5.43 Å². The number of nitrogens with one attached hydrogen (secondary N) is 1. The van der Waals surface area contributed by atoms with Gasteiger partial charge in [-0.3, -0.25) is 0 Å². The van der Waals surface area contributed by atoms with Crippen LogP contribution in [0, 0.1) is 0 Å². The van der Waals surface area contributed by atoms with Gasteiger partial charge in [0.1, 0.15) is 0 Å². The highest BCUT2D eigenvalue weighted by Gasteiger charge is 1.99. The molecule has 0 aromatic heterocycles. The highest BCUT2D eigenvalue weighted by Crippen LogP contribution is 2.12. The van der Waals surface area contributed by atoms with Crippen molar-refractivity contribution in [3.63, 3.8) is 0 Å². The standard InChI is InChI=1S/C17H17Br2N5/c1-11(13-3-7-15(18)8-4-13)21-23-17(20)24-22-12(2)14-5-9-16(19)10-6-14/h3-10H,1-2H3,(H3,20,23,24). The van der Waals surface area contributed by atoms with Crippen molar-refractivity contribution in [3.8, 4) is 0 Å². The van der Waals surface area contributed by atoms with Crippen LogP contribution in [0.25, 0.3) is 0 Å². The molecule has 2 aromatic rings. The normalized spacial score (nSPS) is 13.1. The van der Waals surface area contributed by atoms with Gasteiger partial charge in [0.25, 0.3) is 0 Å². The Morgan fingerprint density at radius 2 is 1.25 bits per heavy atom. The molecule has 0 fully saturated rings. The highest BCUT2D eigenvalue weighted by molar-refractivity contribution is 9.10. The Bertz CT molecular complexity index is 778. The third-order valence-corrected chi connectivity index (χ3v) is 4.23. The summed E-state index contributed by atoms with van der Waals surface area (Å²) in [6.07, 6.45) is 0. The number of hydrogen-bond donors (Lipinski definition) is 2. The number of guanidine groups is 1. The molecule has 0 saturated heterocycles. The summed E-state index contributed by atoms with van der Waals surface area (Å²) in [4.78, 5) is 0. The minimum absolute atomic E-state index is 0.128. The zero-order valence-electron chi connectivity index (χ0n) is 13.3. The van der Waals surface area contributed by atoms with Crippen LogP contribution >= 0.6 is 31.9 Å². The van der Waals surface area contributed by atoms with Crippen LogP contribution in [0.1, 0.15) is 25.0 Å². The van der Waals surface area contributed by atoms with Crippen LogP contribution in [0.3, 0.4) is 0 Å². The van der Waals surface area contributed by atoms with Crippen molar-refractivity contribution in [2.75, 3.05) is 0 Å². The Morgan fingerprint density at radius 1 is 0.792 bits per heavy atom. The predicted molar refractivity (Wildman–Crippen MR) is 107 cm³/mol. The van der Waals surface area contributed by atoms with Crippen LogP contribution < -0.4 is 11.2 Å². The maximum atomic E-state index is 5.78.